The lowest BCUT2D eigenvalue weighted by molar-refractivity contribution is -0.141. The van der Waals surface area contributed by atoms with Crippen LogP contribution in [0, 0.1) is 5.92 Å². The van der Waals surface area contributed by atoms with Crippen molar-refractivity contribution in [3.05, 3.63) is 18.2 Å². The van der Waals surface area contributed by atoms with Gasteiger partial charge in [0.1, 0.15) is 6.04 Å². The number of carbonyl (C=O) groups excluding carboxylic acids is 1. The molecule has 0 saturated heterocycles. The highest BCUT2D eigenvalue weighted by Crippen LogP contribution is 2.32. The summed E-state index contributed by atoms with van der Waals surface area (Å²) >= 11 is 0. The Bertz CT molecular complexity index is 398. The molecule has 1 fully saturated rings. The minimum Gasteiger partial charge on any atom is -0.480 e. The van der Waals surface area contributed by atoms with E-state index in [9.17, 15) is 9.59 Å². The summed E-state index contributed by atoms with van der Waals surface area (Å²) < 4.78 is 0. The maximum Gasteiger partial charge on any atom is 0.326 e. The first-order chi connectivity index (χ1) is 8.15. The molecule has 0 unspecified atom stereocenters. The first-order valence-electron chi connectivity index (χ1n) is 5.64. The van der Waals surface area contributed by atoms with Crippen molar-refractivity contribution in [2.45, 2.75) is 31.7 Å². The minimum absolute atomic E-state index is 0.181. The molecule has 0 spiro atoms. The number of hydrogen-bond donors (Lipinski definition) is 3. The third-order valence-electron chi connectivity index (χ3n) is 2.78. The maximum absolute atomic E-state index is 11.5. The number of carboxylic acid groups (broad SMARTS) is 1. The molecule has 6 heteroatoms. The van der Waals surface area contributed by atoms with E-state index in [1.165, 1.54) is 6.33 Å². The molecule has 0 aliphatic heterocycles. The van der Waals surface area contributed by atoms with Crippen LogP contribution in [0.25, 0.3) is 0 Å². The lowest BCUT2D eigenvalue weighted by Gasteiger charge is -2.13. The quantitative estimate of drug-likeness (QED) is 0.664. The van der Waals surface area contributed by atoms with Gasteiger partial charge in [-0.3, -0.25) is 4.79 Å². The number of aliphatic carboxylic acids is 1. The minimum atomic E-state index is -1.02. The summed E-state index contributed by atoms with van der Waals surface area (Å²) in [6.45, 7) is 0. The molecule has 3 N–H and O–H groups in total. The number of nitrogens with one attached hydrogen (secondary N) is 2. The van der Waals surface area contributed by atoms with Crippen LogP contribution in [-0.2, 0) is 16.0 Å². The number of amides is 1. The monoisotopic (exact) mass is 237 g/mol. The second-order valence-electron chi connectivity index (χ2n) is 4.39. The van der Waals surface area contributed by atoms with Crippen LogP contribution in [0.15, 0.2) is 12.5 Å². The Morgan fingerprint density at radius 3 is 2.88 bits per heavy atom. The van der Waals surface area contributed by atoms with E-state index >= 15 is 0 Å². The highest BCUT2D eigenvalue weighted by atomic mass is 16.4. The molecule has 0 bridgehead atoms. The Balaban J connectivity index is 1.87. The van der Waals surface area contributed by atoms with Gasteiger partial charge in [0.2, 0.25) is 5.91 Å². The lowest BCUT2D eigenvalue weighted by Crippen LogP contribution is -2.42. The normalized spacial score (nSPS) is 16.5. The topological polar surface area (TPSA) is 95.1 Å². The Labute approximate surface area is 98.4 Å². The molecule has 2 rings (SSSR count). The molecule has 1 aliphatic rings. The predicted molar refractivity (Wildman–Crippen MR) is 59.2 cm³/mol. The molecule has 1 heterocycles. The molecule has 1 atom stereocenters. The van der Waals surface area contributed by atoms with Gasteiger partial charge in [0.15, 0.2) is 0 Å². The molecule has 6 nitrogen and oxygen atoms in total. The van der Waals surface area contributed by atoms with Gasteiger partial charge in [-0.05, 0) is 18.8 Å². The smallest absolute Gasteiger partial charge is 0.326 e. The van der Waals surface area contributed by atoms with Crippen LogP contribution in [0.4, 0.5) is 0 Å². The van der Waals surface area contributed by atoms with E-state index in [1.54, 1.807) is 6.20 Å². The van der Waals surface area contributed by atoms with Crippen LogP contribution >= 0.6 is 0 Å². The second-order valence-corrected chi connectivity index (χ2v) is 4.39. The van der Waals surface area contributed by atoms with E-state index < -0.39 is 12.0 Å². The number of H-pyrrole nitrogens is 1. The number of hydrogen-bond acceptors (Lipinski definition) is 3. The van der Waals surface area contributed by atoms with E-state index in [4.69, 9.17) is 5.11 Å². The fourth-order valence-electron chi connectivity index (χ4n) is 1.65. The van der Waals surface area contributed by atoms with Crippen LogP contribution < -0.4 is 5.32 Å². The largest absolute Gasteiger partial charge is 0.480 e. The Morgan fingerprint density at radius 1 is 1.59 bits per heavy atom. The zero-order valence-corrected chi connectivity index (χ0v) is 9.35. The number of aromatic amines is 1. The number of aromatic nitrogens is 2. The van der Waals surface area contributed by atoms with Crippen molar-refractivity contribution in [1.29, 1.82) is 0 Å². The molecule has 1 amide bonds. The molecule has 1 aromatic heterocycles. The summed E-state index contributed by atoms with van der Waals surface area (Å²) in [5, 5.41) is 11.6. The van der Waals surface area contributed by atoms with Gasteiger partial charge in [0.05, 0.1) is 6.33 Å². The number of carbonyl (C=O) groups is 2. The number of nitrogens with zero attached hydrogens (tertiary/aromatic N) is 1. The van der Waals surface area contributed by atoms with Crippen molar-refractivity contribution >= 4 is 11.9 Å². The molecule has 1 aromatic rings. The predicted octanol–water partition coefficient (Wildman–Crippen LogP) is 0.322. The van der Waals surface area contributed by atoms with Crippen LogP contribution in [0.2, 0.25) is 0 Å². The average molecular weight is 237 g/mol. The van der Waals surface area contributed by atoms with Crippen molar-refractivity contribution in [3.8, 4) is 0 Å². The highest BCUT2D eigenvalue weighted by Gasteiger charge is 2.27. The van der Waals surface area contributed by atoms with Gasteiger partial charge in [0.25, 0.3) is 0 Å². The van der Waals surface area contributed by atoms with E-state index in [-0.39, 0.29) is 12.3 Å². The van der Waals surface area contributed by atoms with E-state index in [0.717, 1.165) is 12.8 Å². The fraction of sp³-hybridized carbons (Fsp3) is 0.545. The van der Waals surface area contributed by atoms with Crippen LogP contribution in [0.5, 0.6) is 0 Å². The SMILES string of the molecule is O=C(CC1CC1)N[C@@H](Cc1cnc[nH]1)C(=O)O. The number of carboxylic acids is 1. The summed E-state index contributed by atoms with van der Waals surface area (Å²) in [6.07, 6.45) is 5.86. The number of rotatable bonds is 6. The van der Waals surface area contributed by atoms with Gasteiger partial charge < -0.3 is 15.4 Å². The summed E-state index contributed by atoms with van der Waals surface area (Å²) in [6, 6.07) is -0.887. The molecule has 1 aliphatic carbocycles. The van der Waals surface area contributed by atoms with Crippen molar-refractivity contribution in [1.82, 2.24) is 15.3 Å². The maximum atomic E-state index is 11.5. The second kappa shape index (κ2) is 4.99. The zero-order chi connectivity index (χ0) is 12.3. The summed E-state index contributed by atoms with van der Waals surface area (Å²) in [7, 11) is 0. The van der Waals surface area contributed by atoms with Gasteiger partial charge in [-0.15, -0.1) is 0 Å². The first-order valence-corrected chi connectivity index (χ1v) is 5.64. The van der Waals surface area contributed by atoms with Crippen LogP contribution in [0.3, 0.4) is 0 Å². The number of imidazole rings is 1. The summed E-state index contributed by atoms with van der Waals surface area (Å²) in [4.78, 5) is 29.2. The van der Waals surface area contributed by atoms with E-state index in [0.29, 0.717) is 18.0 Å². The van der Waals surface area contributed by atoms with Crippen molar-refractivity contribution < 1.29 is 14.7 Å². The Hall–Kier alpha value is -1.85. The Kier molecular flexibility index (Phi) is 3.41. The van der Waals surface area contributed by atoms with Gasteiger partial charge >= 0.3 is 5.97 Å². The molecule has 0 aromatic carbocycles. The van der Waals surface area contributed by atoms with Crippen LogP contribution in [0.1, 0.15) is 25.0 Å². The van der Waals surface area contributed by atoms with Gasteiger partial charge in [-0.2, -0.15) is 0 Å². The first kappa shape index (κ1) is 11.6. The molecular formula is C11H15N3O3. The van der Waals surface area contributed by atoms with E-state index in [1.807, 2.05) is 0 Å². The molecule has 0 radical (unpaired) electrons. The summed E-state index contributed by atoms with van der Waals surface area (Å²) in [5.74, 6) is -0.750. The standard InChI is InChI=1S/C11H15N3O3/c15-10(3-7-1-2-7)14-9(11(16)17)4-8-5-12-6-13-8/h5-7,9H,1-4H2,(H,12,13)(H,14,15)(H,16,17)/t9-/m0/s1. The van der Waals surface area contributed by atoms with Gasteiger partial charge in [-0.1, -0.05) is 0 Å². The Morgan fingerprint density at radius 2 is 2.35 bits per heavy atom. The van der Waals surface area contributed by atoms with Crippen molar-refractivity contribution in [2.24, 2.45) is 5.92 Å². The lowest BCUT2D eigenvalue weighted by atomic mass is 10.1. The molecule has 1 saturated carbocycles. The zero-order valence-electron chi connectivity index (χ0n) is 9.35. The summed E-state index contributed by atoms with van der Waals surface area (Å²) in [5.41, 5.74) is 0.698. The highest BCUT2D eigenvalue weighted by molar-refractivity contribution is 5.83. The molecule has 92 valence electrons. The van der Waals surface area contributed by atoms with E-state index in [2.05, 4.69) is 15.3 Å². The van der Waals surface area contributed by atoms with Gasteiger partial charge in [-0.25, -0.2) is 9.78 Å². The van der Waals surface area contributed by atoms with Crippen molar-refractivity contribution in [3.63, 3.8) is 0 Å². The molecule has 17 heavy (non-hydrogen) atoms. The van der Waals surface area contributed by atoms with Crippen LogP contribution in [-0.4, -0.2) is 33.0 Å². The molecular weight excluding hydrogens is 222 g/mol. The van der Waals surface area contributed by atoms with Gasteiger partial charge in [0, 0.05) is 24.7 Å². The third kappa shape index (κ3) is 3.58. The third-order valence-corrected chi connectivity index (χ3v) is 2.78. The van der Waals surface area contributed by atoms with Crippen molar-refractivity contribution in [2.75, 3.05) is 0 Å². The fourth-order valence-corrected chi connectivity index (χ4v) is 1.65. The average Bonchev–Trinajstić information content (AvgIpc) is 2.92.